The maximum atomic E-state index is 10.4. The van der Waals surface area contributed by atoms with Crippen LogP contribution in [0.3, 0.4) is 0 Å². The predicted octanol–water partition coefficient (Wildman–Crippen LogP) is 0.0688. The monoisotopic (exact) mass is 219 g/mol. The molecular weight excluding hydrogens is 200 g/mol. The van der Waals surface area contributed by atoms with Crippen LogP contribution in [0, 0.1) is 0 Å². The van der Waals surface area contributed by atoms with Crippen LogP contribution < -0.4 is 5.73 Å². The van der Waals surface area contributed by atoms with E-state index in [0.29, 0.717) is 12.6 Å². The molecule has 1 heterocycles. The van der Waals surface area contributed by atoms with E-state index in [1.165, 1.54) is 0 Å². The molecule has 0 saturated carbocycles. The van der Waals surface area contributed by atoms with E-state index in [-0.39, 0.29) is 5.75 Å². The molecule has 0 amide bonds. The Balaban J connectivity index is 2.21. The van der Waals surface area contributed by atoms with E-state index in [0.717, 1.165) is 38.8 Å². The van der Waals surface area contributed by atoms with E-state index in [2.05, 4.69) is 4.90 Å². The number of hydrogen-bond donors (Lipinski definition) is 1. The first-order chi connectivity index (χ1) is 6.68. The van der Waals surface area contributed by atoms with Crippen LogP contribution in [-0.2, 0) is 11.1 Å². The lowest BCUT2D eigenvalue weighted by Crippen LogP contribution is -2.34. The van der Waals surface area contributed by atoms with E-state index >= 15 is 0 Å². The Morgan fingerprint density at radius 1 is 1.36 bits per heavy atom. The Labute approximate surface area is 88.1 Å². The summed E-state index contributed by atoms with van der Waals surface area (Å²) in [6.07, 6.45) is 4.31. The van der Waals surface area contributed by atoms with E-state index in [4.69, 9.17) is 5.73 Å². The van der Waals surface area contributed by atoms with Crippen LogP contribution in [0.2, 0.25) is 0 Å². The molecule has 0 aliphatic carbocycles. The Morgan fingerprint density at radius 3 is 2.43 bits per heavy atom. The summed E-state index contributed by atoms with van der Waals surface area (Å²) < 4.78 is 20.8. The summed E-state index contributed by atoms with van der Waals surface area (Å²) in [6.45, 7) is 2.65. The van der Waals surface area contributed by atoms with Gasteiger partial charge in [-0.05, 0) is 38.8 Å². The molecule has 1 unspecified atom stereocenters. The molecule has 1 aliphatic heterocycles. The first-order valence-corrected chi connectivity index (χ1v) is 6.46. The van der Waals surface area contributed by atoms with Gasteiger partial charge in [-0.2, -0.15) is 0 Å². The average molecular weight is 219 g/mol. The molecule has 1 atom stereocenters. The summed E-state index contributed by atoms with van der Waals surface area (Å²) in [7, 11) is 0. The van der Waals surface area contributed by atoms with Crippen molar-refractivity contribution in [2.24, 2.45) is 5.73 Å². The van der Waals surface area contributed by atoms with Gasteiger partial charge in [-0.25, -0.2) is 0 Å². The number of nitrogens with two attached hydrogens (primary N) is 1. The first kappa shape index (κ1) is 12.1. The summed E-state index contributed by atoms with van der Waals surface area (Å²) in [4.78, 5) is 2.22. The highest BCUT2D eigenvalue weighted by molar-refractivity contribution is 7.79. The van der Waals surface area contributed by atoms with Crippen molar-refractivity contribution in [3.63, 3.8) is 0 Å². The van der Waals surface area contributed by atoms with Crippen molar-refractivity contribution in [3.05, 3.63) is 0 Å². The van der Waals surface area contributed by atoms with Crippen LogP contribution in [0.25, 0.3) is 0 Å². The molecule has 5 heteroatoms. The molecule has 4 nitrogen and oxygen atoms in total. The summed E-state index contributed by atoms with van der Waals surface area (Å²) in [5, 5.41) is 0. The van der Waals surface area contributed by atoms with Crippen LogP contribution in [0.15, 0.2) is 0 Å². The SMILES string of the molecule is NC1CCCN(CCS(=O)[O-])CCC1. The Hall–Kier alpha value is 0.0300. The molecule has 84 valence electrons. The molecule has 0 aromatic heterocycles. The van der Waals surface area contributed by atoms with E-state index in [1.807, 2.05) is 0 Å². The summed E-state index contributed by atoms with van der Waals surface area (Å²) in [5.74, 6) is 0.256. The third kappa shape index (κ3) is 5.05. The van der Waals surface area contributed by atoms with Crippen LogP contribution in [0.5, 0.6) is 0 Å². The molecule has 0 radical (unpaired) electrons. The van der Waals surface area contributed by atoms with Gasteiger partial charge in [0.2, 0.25) is 0 Å². The molecule has 1 rings (SSSR count). The predicted molar refractivity (Wildman–Crippen MR) is 56.7 cm³/mol. The highest BCUT2D eigenvalue weighted by atomic mass is 32.2. The van der Waals surface area contributed by atoms with Crippen LogP contribution in [0.1, 0.15) is 25.7 Å². The normalized spacial score (nSPS) is 24.1. The fourth-order valence-corrected chi connectivity index (χ4v) is 2.24. The van der Waals surface area contributed by atoms with Crippen molar-refractivity contribution in [1.29, 1.82) is 0 Å². The molecular formula is C9H19N2O2S-. The zero-order chi connectivity index (χ0) is 10.4. The summed E-state index contributed by atoms with van der Waals surface area (Å²) >= 11 is -1.90. The molecule has 0 aromatic rings. The Kier molecular flexibility index (Phi) is 5.62. The molecule has 1 aliphatic rings. The standard InChI is InChI=1S/C9H20N2O2S/c10-9-3-1-5-11(6-2-4-9)7-8-14(12)13/h9H,1-8,10H2,(H,12,13)/p-1. The van der Waals surface area contributed by atoms with Crippen molar-refractivity contribution in [3.8, 4) is 0 Å². The van der Waals surface area contributed by atoms with Gasteiger partial charge in [-0.1, -0.05) is 11.1 Å². The van der Waals surface area contributed by atoms with Gasteiger partial charge in [0.15, 0.2) is 0 Å². The van der Waals surface area contributed by atoms with Crippen molar-refractivity contribution in [2.45, 2.75) is 31.7 Å². The lowest BCUT2D eigenvalue weighted by atomic mass is 10.0. The van der Waals surface area contributed by atoms with Gasteiger partial charge in [0.1, 0.15) is 0 Å². The van der Waals surface area contributed by atoms with Gasteiger partial charge >= 0.3 is 0 Å². The van der Waals surface area contributed by atoms with Crippen LogP contribution >= 0.6 is 0 Å². The second kappa shape index (κ2) is 6.50. The zero-order valence-corrected chi connectivity index (χ0v) is 9.30. The third-order valence-electron chi connectivity index (χ3n) is 2.67. The number of likely N-dealkylation sites (tertiary alicyclic amines) is 1. The van der Waals surface area contributed by atoms with Gasteiger partial charge < -0.3 is 15.2 Å². The maximum Gasteiger partial charge on any atom is 0.0229 e. The Bertz CT molecular complexity index is 180. The minimum atomic E-state index is -1.90. The van der Waals surface area contributed by atoms with Crippen molar-refractivity contribution in [2.75, 3.05) is 25.4 Å². The molecule has 1 fully saturated rings. The van der Waals surface area contributed by atoms with Crippen LogP contribution in [0.4, 0.5) is 0 Å². The minimum absolute atomic E-state index is 0.256. The zero-order valence-electron chi connectivity index (χ0n) is 8.48. The van der Waals surface area contributed by atoms with E-state index < -0.39 is 11.1 Å². The van der Waals surface area contributed by atoms with Crippen molar-refractivity contribution in [1.82, 2.24) is 4.90 Å². The fourth-order valence-electron chi connectivity index (χ4n) is 1.84. The molecule has 0 spiro atoms. The van der Waals surface area contributed by atoms with Gasteiger partial charge in [0.25, 0.3) is 0 Å². The third-order valence-corrected chi connectivity index (χ3v) is 3.19. The van der Waals surface area contributed by atoms with Gasteiger partial charge in [-0.3, -0.25) is 4.21 Å². The van der Waals surface area contributed by atoms with Gasteiger partial charge in [0, 0.05) is 18.3 Å². The quantitative estimate of drug-likeness (QED) is 0.682. The Morgan fingerprint density at radius 2 is 1.93 bits per heavy atom. The number of nitrogens with zero attached hydrogens (tertiary/aromatic N) is 1. The molecule has 0 aromatic carbocycles. The van der Waals surface area contributed by atoms with Crippen LogP contribution in [-0.4, -0.2) is 45.1 Å². The first-order valence-electron chi connectivity index (χ1n) is 5.22. The smallest absolute Gasteiger partial charge is 0.0229 e. The topological polar surface area (TPSA) is 69.4 Å². The lowest BCUT2D eigenvalue weighted by molar-refractivity contribution is 0.252. The van der Waals surface area contributed by atoms with Gasteiger partial charge in [-0.15, -0.1) is 0 Å². The molecule has 1 saturated heterocycles. The summed E-state index contributed by atoms with van der Waals surface area (Å²) in [6, 6.07) is 0.353. The minimum Gasteiger partial charge on any atom is -0.772 e. The van der Waals surface area contributed by atoms with Crippen molar-refractivity contribution >= 4 is 11.1 Å². The highest BCUT2D eigenvalue weighted by Crippen LogP contribution is 2.09. The fraction of sp³-hybridized carbons (Fsp3) is 1.00. The summed E-state index contributed by atoms with van der Waals surface area (Å²) in [5.41, 5.74) is 5.85. The van der Waals surface area contributed by atoms with Crippen molar-refractivity contribution < 1.29 is 8.76 Å². The molecule has 0 bridgehead atoms. The highest BCUT2D eigenvalue weighted by Gasteiger charge is 2.11. The largest absolute Gasteiger partial charge is 0.772 e. The number of rotatable bonds is 3. The molecule has 2 N–H and O–H groups in total. The molecule has 14 heavy (non-hydrogen) atoms. The second-order valence-corrected chi connectivity index (χ2v) is 4.91. The second-order valence-electron chi connectivity index (χ2n) is 3.89. The average Bonchev–Trinajstić information content (AvgIpc) is 2.08. The van der Waals surface area contributed by atoms with E-state index in [9.17, 15) is 8.76 Å². The lowest BCUT2D eigenvalue weighted by Gasteiger charge is -2.26. The maximum absolute atomic E-state index is 10.4. The number of hydrogen-bond acceptors (Lipinski definition) is 4. The van der Waals surface area contributed by atoms with E-state index in [1.54, 1.807) is 0 Å². The van der Waals surface area contributed by atoms with Gasteiger partial charge in [0.05, 0.1) is 0 Å².